The van der Waals surface area contributed by atoms with Crippen molar-refractivity contribution in [3.8, 4) is 11.5 Å². The lowest BCUT2D eigenvalue weighted by molar-refractivity contribution is -0.115. The summed E-state index contributed by atoms with van der Waals surface area (Å²) in [6, 6.07) is 15.9. The lowest BCUT2D eigenvalue weighted by Crippen LogP contribution is -2.16. The molecule has 2 aromatic carbocycles. The zero-order valence-corrected chi connectivity index (χ0v) is 15.5. The number of aryl methyl sites for hydroxylation is 1. The van der Waals surface area contributed by atoms with Gasteiger partial charge in [0.25, 0.3) is 0 Å². The summed E-state index contributed by atoms with van der Waals surface area (Å²) in [5.74, 6) is 0.572. The quantitative estimate of drug-likeness (QED) is 0.677. The van der Waals surface area contributed by atoms with E-state index in [4.69, 9.17) is 9.56 Å². The molecular formula is C19H19N3O4S. The van der Waals surface area contributed by atoms with E-state index in [-0.39, 0.29) is 18.1 Å². The van der Waals surface area contributed by atoms with Crippen LogP contribution in [0, 0.1) is 6.92 Å². The maximum atomic E-state index is 12.3. The van der Waals surface area contributed by atoms with Crippen molar-refractivity contribution >= 4 is 21.6 Å². The molecule has 1 aromatic heterocycles. The fourth-order valence-corrected chi connectivity index (χ4v) is 3.23. The highest BCUT2D eigenvalue weighted by atomic mass is 32.2. The predicted molar refractivity (Wildman–Crippen MR) is 102 cm³/mol. The number of nitrogens with two attached hydrogens (primary N) is 1. The van der Waals surface area contributed by atoms with E-state index in [9.17, 15) is 13.2 Å². The zero-order valence-electron chi connectivity index (χ0n) is 14.7. The molecule has 8 heteroatoms. The van der Waals surface area contributed by atoms with E-state index in [0.717, 1.165) is 5.56 Å². The van der Waals surface area contributed by atoms with Crippen molar-refractivity contribution in [3.05, 3.63) is 71.6 Å². The summed E-state index contributed by atoms with van der Waals surface area (Å²) >= 11 is 0. The molecule has 0 aliphatic rings. The summed E-state index contributed by atoms with van der Waals surface area (Å²) in [7, 11) is -3.59. The Bertz CT molecular complexity index is 1040. The van der Waals surface area contributed by atoms with E-state index in [1.165, 1.54) is 0 Å². The lowest BCUT2D eigenvalue weighted by atomic mass is 10.2. The third kappa shape index (κ3) is 5.25. The van der Waals surface area contributed by atoms with Crippen LogP contribution in [0.3, 0.4) is 0 Å². The van der Waals surface area contributed by atoms with Gasteiger partial charge in [0.05, 0.1) is 17.9 Å². The first-order valence-electron chi connectivity index (χ1n) is 8.21. The molecule has 0 spiro atoms. The summed E-state index contributed by atoms with van der Waals surface area (Å²) in [5.41, 5.74) is 2.52. The fourth-order valence-electron chi connectivity index (χ4n) is 2.57. The highest BCUT2D eigenvalue weighted by Gasteiger charge is 2.15. The Labute approximate surface area is 157 Å². The first-order chi connectivity index (χ1) is 12.8. The smallest absolute Gasteiger partial charge is 0.230 e. The Morgan fingerprint density at radius 1 is 1.11 bits per heavy atom. The fraction of sp³-hybridized carbons (Fsp3) is 0.158. The SMILES string of the molecule is Cc1oc(-c2ccccc2)nc1CC(=O)Nc1ccc(CS(N)(=O)=O)cc1. The van der Waals surface area contributed by atoms with Gasteiger partial charge in [0, 0.05) is 11.3 Å². The van der Waals surface area contributed by atoms with Gasteiger partial charge in [-0.15, -0.1) is 0 Å². The number of rotatable bonds is 6. The van der Waals surface area contributed by atoms with Gasteiger partial charge in [-0.2, -0.15) is 0 Å². The highest BCUT2D eigenvalue weighted by Crippen LogP contribution is 2.22. The second-order valence-electron chi connectivity index (χ2n) is 6.12. The molecule has 1 heterocycles. The summed E-state index contributed by atoms with van der Waals surface area (Å²) in [6.07, 6.45) is 0.0705. The van der Waals surface area contributed by atoms with Crippen LogP contribution in [-0.2, 0) is 27.0 Å². The molecule has 7 nitrogen and oxygen atoms in total. The number of nitrogens with one attached hydrogen (secondary N) is 1. The van der Waals surface area contributed by atoms with Gasteiger partial charge < -0.3 is 9.73 Å². The van der Waals surface area contributed by atoms with E-state index in [2.05, 4.69) is 10.3 Å². The molecule has 0 radical (unpaired) electrons. The molecule has 3 N–H and O–H groups in total. The van der Waals surface area contributed by atoms with Gasteiger partial charge in [-0.05, 0) is 36.8 Å². The number of anilines is 1. The summed E-state index contributed by atoms with van der Waals surface area (Å²) in [6.45, 7) is 1.77. The number of amides is 1. The minimum atomic E-state index is -3.59. The Morgan fingerprint density at radius 3 is 2.41 bits per heavy atom. The van der Waals surface area contributed by atoms with E-state index in [1.54, 1.807) is 31.2 Å². The molecular weight excluding hydrogens is 366 g/mol. The number of primary sulfonamides is 1. The number of benzene rings is 2. The monoisotopic (exact) mass is 385 g/mol. The number of hydrogen-bond acceptors (Lipinski definition) is 5. The standard InChI is InChI=1S/C19H19N3O4S/c1-13-17(22-19(26-13)15-5-3-2-4-6-15)11-18(23)21-16-9-7-14(8-10-16)12-27(20,24)25/h2-10H,11-12H2,1H3,(H,21,23)(H2,20,24,25). The molecule has 1 amide bonds. The second kappa shape index (κ2) is 7.73. The van der Waals surface area contributed by atoms with Crippen molar-refractivity contribution in [3.63, 3.8) is 0 Å². The van der Waals surface area contributed by atoms with E-state index in [1.807, 2.05) is 30.3 Å². The number of sulfonamides is 1. The molecule has 0 fully saturated rings. The number of hydrogen-bond donors (Lipinski definition) is 2. The van der Waals surface area contributed by atoms with Crippen LogP contribution in [0.25, 0.3) is 11.5 Å². The van der Waals surface area contributed by atoms with Crippen LogP contribution in [-0.4, -0.2) is 19.3 Å². The zero-order chi connectivity index (χ0) is 19.4. The van der Waals surface area contributed by atoms with E-state index >= 15 is 0 Å². The second-order valence-corrected chi connectivity index (χ2v) is 7.73. The minimum absolute atomic E-state index is 0.0705. The van der Waals surface area contributed by atoms with Crippen LogP contribution in [0.2, 0.25) is 0 Å². The Morgan fingerprint density at radius 2 is 1.78 bits per heavy atom. The normalized spacial score (nSPS) is 11.3. The number of carbonyl (C=O) groups is 1. The lowest BCUT2D eigenvalue weighted by Gasteiger charge is -2.05. The van der Waals surface area contributed by atoms with Crippen molar-refractivity contribution < 1.29 is 17.6 Å². The average molecular weight is 385 g/mol. The van der Waals surface area contributed by atoms with Crippen LogP contribution in [0.1, 0.15) is 17.0 Å². The minimum Gasteiger partial charge on any atom is -0.441 e. The molecule has 0 bridgehead atoms. The van der Waals surface area contributed by atoms with Gasteiger partial charge in [-0.25, -0.2) is 18.5 Å². The van der Waals surface area contributed by atoms with Gasteiger partial charge >= 0.3 is 0 Å². The molecule has 0 unspecified atom stereocenters. The van der Waals surface area contributed by atoms with Crippen LogP contribution >= 0.6 is 0 Å². The van der Waals surface area contributed by atoms with Crippen LogP contribution < -0.4 is 10.5 Å². The van der Waals surface area contributed by atoms with Crippen molar-refractivity contribution in [2.45, 2.75) is 19.1 Å². The maximum Gasteiger partial charge on any atom is 0.230 e. The molecule has 0 aliphatic heterocycles. The van der Waals surface area contributed by atoms with Crippen LogP contribution in [0.4, 0.5) is 5.69 Å². The first kappa shape index (κ1) is 18.8. The van der Waals surface area contributed by atoms with E-state index < -0.39 is 10.0 Å². The summed E-state index contributed by atoms with van der Waals surface area (Å²) in [5, 5.41) is 7.77. The number of aromatic nitrogens is 1. The average Bonchev–Trinajstić information content (AvgIpc) is 2.97. The third-order valence-corrected chi connectivity index (χ3v) is 4.58. The Balaban J connectivity index is 1.65. The maximum absolute atomic E-state index is 12.3. The number of carbonyl (C=O) groups excluding carboxylic acids is 1. The van der Waals surface area contributed by atoms with Gasteiger partial charge in [0.2, 0.25) is 21.8 Å². The topological polar surface area (TPSA) is 115 Å². The number of oxazole rings is 1. The molecule has 27 heavy (non-hydrogen) atoms. The van der Waals surface area contributed by atoms with E-state index in [0.29, 0.717) is 28.6 Å². The third-order valence-electron chi connectivity index (χ3n) is 3.85. The molecule has 3 rings (SSSR count). The largest absolute Gasteiger partial charge is 0.441 e. The highest BCUT2D eigenvalue weighted by molar-refractivity contribution is 7.88. The number of nitrogens with zero attached hydrogens (tertiary/aromatic N) is 1. The van der Waals surface area contributed by atoms with Crippen molar-refractivity contribution in [1.82, 2.24) is 4.98 Å². The van der Waals surface area contributed by atoms with Crippen LogP contribution in [0.5, 0.6) is 0 Å². The molecule has 0 aliphatic carbocycles. The Kier molecular flexibility index (Phi) is 5.38. The molecule has 0 saturated carbocycles. The predicted octanol–water partition coefficient (Wildman–Crippen LogP) is 2.62. The molecule has 0 saturated heterocycles. The summed E-state index contributed by atoms with van der Waals surface area (Å²) < 4.78 is 27.8. The summed E-state index contributed by atoms with van der Waals surface area (Å²) in [4.78, 5) is 16.7. The Hall–Kier alpha value is -2.97. The van der Waals surface area contributed by atoms with Crippen LogP contribution in [0.15, 0.2) is 59.0 Å². The van der Waals surface area contributed by atoms with Crippen molar-refractivity contribution in [2.75, 3.05) is 5.32 Å². The van der Waals surface area contributed by atoms with Crippen molar-refractivity contribution in [2.24, 2.45) is 5.14 Å². The van der Waals surface area contributed by atoms with Gasteiger partial charge in [-0.1, -0.05) is 30.3 Å². The van der Waals surface area contributed by atoms with Crippen molar-refractivity contribution in [1.29, 1.82) is 0 Å². The molecule has 3 aromatic rings. The molecule has 140 valence electrons. The van der Waals surface area contributed by atoms with Gasteiger partial charge in [-0.3, -0.25) is 4.79 Å². The first-order valence-corrected chi connectivity index (χ1v) is 9.93. The van der Waals surface area contributed by atoms with Gasteiger partial charge in [0.15, 0.2) is 0 Å². The molecule has 0 atom stereocenters. The van der Waals surface area contributed by atoms with Gasteiger partial charge in [0.1, 0.15) is 5.76 Å².